The van der Waals surface area contributed by atoms with E-state index in [2.05, 4.69) is 16.5 Å². The lowest BCUT2D eigenvalue weighted by Crippen LogP contribution is -2.25. The van der Waals surface area contributed by atoms with E-state index in [1.807, 2.05) is 6.07 Å². The number of nitrogens with zero attached hydrogens (tertiary/aromatic N) is 3. The van der Waals surface area contributed by atoms with E-state index in [1.54, 1.807) is 24.3 Å². The Kier molecular flexibility index (Phi) is 5.14. The third kappa shape index (κ3) is 3.89. The third-order valence-corrected chi connectivity index (χ3v) is 4.40. The summed E-state index contributed by atoms with van der Waals surface area (Å²) in [7, 11) is 0. The van der Waals surface area contributed by atoms with Crippen LogP contribution in [-0.4, -0.2) is 22.2 Å². The number of allylic oxidation sites excluding steroid dienone is 1. The first kappa shape index (κ1) is 16.8. The van der Waals surface area contributed by atoms with E-state index in [0.29, 0.717) is 23.4 Å². The number of benzene rings is 1. The van der Waals surface area contributed by atoms with E-state index in [9.17, 15) is 4.79 Å². The Morgan fingerprint density at radius 3 is 3.00 bits per heavy atom. The predicted molar refractivity (Wildman–Crippen MR) is 96.2 cm³/mol. The van der Waals surface area contributed by atoms with Crippen LogP contribution in [0.4, 0.5) is 5.82 Å². The summed E-state index contributed by atoms with van der Waals surface area (Å²) >= 11 is 0. The lowest BCUT2D eigenvalue weighted by Gasteiger charge is -2.13. The molecule has 0 saturated heterocycles. The fourth-order valence-electron chi connectivity index (χ4n) is 3.00. The van der Waals surface area contributed by atoms with E-state index >= 15 is 0 Å². The summed E-state index contributed by atoms with van der Waals surface area (Å²) in [6.07, 6.45) is 9.43. The molecule has 3 rings (SSSR count). The van der Waals surface area contributed by atoms with Crippen molar-refractivity contribution < 1.29 is 4.79 Å². The Labute approximate surface area is 146 Å². The predicted octanol–water partition coefficient (Wildman–Crippen LogP) is 2.95. The molecule has 0 saturated carbocycles. The average molecular weight is 335 g/mol. The maximum atomic E-state index is 12.4. The molecular formula is C19H21N5O. The van der Waals surface area contributed by atoms with E-state index in [4.69, 9.17) is 11.0 Å². The molecule has 25 heavy (non-hydrogen) atoms. The first-order chi connectivity index (χ1) is 12.2. The highest BCUT2D eigenvalue weighted by Crippen LogP contribution is 2.20. The SMILES string of the molecule is N#Cc1cnn(-c2cccc(C(=O)NCCC3=CCCCC3)c2)c1N. The molecule has 0 fully saturated rings. The number of anilines is 1. The molecule has 1 aromatic carbocycles. The van der Waals surface area contributed by atoms with Gasteiger partial charge in [-0.15, -0.1) is 0 Å². The molecule has 0 unspecified atom stereocenters. The van der Waals surface area contributed by atoms with Gasteiger partial charge in [-0.2, -0.15) is 10.4 Å². The summed E-state index contributed by atoms with van der Waals surface area (Å²) in [5.74, 6) is 0.147. The van der Waals surface area contributed by atoms with Gasteiger partial charge in [-0.3, -0.25) is 4.79 Å². The molecule has 6 heteroatoms. The lowest BCUT2D eigenvalue weighted by atomic mass is 9.97. The number of nitrogens with one attached hydrogen (secondary N) is 1. The van der Waals surface area contributed by atoms with Crippen LogP contribution in [-0.2, 0) is 0 Å². The zero-order valence-electron chi connectivity index (χ0n) is 14.0. The monoisotopic (exact) mass is 335 g/mol. The molecule has 128 valence electrons. The summed E-state index contributed by atoms with van der Waals surface area (Å²) in [5, 5.41) is 16.0. The average Bonchev–Trinajstić information content (AvgIpc) is 3.03. The van der Waals surface area contributed by atoms with Crippen molar-refractivity contribution in [2.45, 2.75) is 32.1 Å². The van der Waals surface area contributed by atoms with Crippen LogP contribution in [0.1, 0.15) is 48.0 Å². The topological polar surface area (TPSA) is 96.7 Å². The van der Waals surface area contributed by atoms with Crippen LogP contribution < -0.4 is 11.1 Å². The van der Waals surface area contributed by atoms with Crippen LogP contribution in [0.5, 0.6) is 0 Å². The van der Waals surface area contributed by atoms with Gasteiger partial charge >= 0.3 is 0 Å². The molecule has 0 atom stereocenters. The Hall–Kier alpha value is -3.07. The van der Waals surface area contributed by atoms with Gasteiger partial charge in [-0.05, 0) is 50.3 Å². The molecule has 1 aliphatic carbocycles. The van der Waals surface area contributed by atoms with Gasteiger partial charge in [0, 0.05) is 12.1 Å². The Morgan fingerprint density at radius 1 is 1.40 bits per heavy atom. The van der Waals surface area contributed by atoms with Crippen molar-refractivity contribution in [2.75, 3.05) is 12.3 Å². The normalized spacial score (nSPS) is 13.8. The van der Waals surface area contributed by atoms with Crippen LogP contribution in [0.15, 0.2) is 42.1 Å². The number of aromatic nitrogens is 2. The standard InChI is InChI=1S/C19H21N5O/c20-12-16-13-23-24(18(16)21)17-8-4-7-15(11-17)19(25)22-10-9-14-5-2-1-3-6-14/h4-5,7-8,11,13H,1-3,6,9-10,21H2,(H,22,25). The van der Waals surface area contributed by atoms with E-state index in [0.717, 1.165) is 19.3 Å². The van der Waals surface area contributed by atoms with E-state index in [1.165, 1.54) is 29.3 Å². The summed E-state index contributed by atoms with van der Waals surface area (Å²) in [4.78, 5) is 12.4. The Balaban J connectivity index is 1.66. The highest BCUT2D eigenvalue weighted by molar-refractivity contribution is 5.94. The minimum Gasteiger partial charge on any atom is -0.382 e. The third-order valence-electron chi connectivity index (χ3n) is 4.40. The number of carbonyl (C=O) groups excluding carboxylic acids is 1. The highest BCUT2D eigenvalue weighted by atomic mass is 16.1. The minimum absolute atomic E-state index is 0.121. The first-order valence-corrected chi connectivity index (χ1v) is 8.49. The number of nitriles is 1. The molecule has 0 radical (unpaired) electrons. The van der Waals surface area contributed by atoms with E-state index in [-0.39, 0.29) is 11.7 Å². The summed E-state index contributed by atoms with van der Waals surface area (Å²) in [6.45, 7) is 0.636. The molecule has 2 aromatic rings. The first-order valence-electron chi connectivity index (χ1n) is 8.49. The van der Waals surface area contributed by atoms with Crippen molar-refractivity contribution in [1.29, 1.82) is 5.26 Å². The number of hydrogen-bond acceptors (Lipinski definition) is 4. The zero-order valence-corrected chi connectivity index (χ0v) is 14.0. The smallest absolute Gasteiger partial charge is 0.251 e. The van der Waals surface area contributed by atoms with Gasteiger partial charge in [0.05, 0.1) is 11.9 Å². The molecule has 0 aliphatic heterocycles. The number of nitrogens with two attached hydrogens (primary N) is 1. The molecule has 1 aromatic heterocycles. The van der Waals surface area contributed by atoms with Gasteiger partial charge < -0.3 is 11.1 Å². The highest BCUT2D eigenvalue weighted by Gasteiger charge is 2.11. The molecule has 1 aliphatic rings. The molecule has 0 bridgehead atoms. The number of hydrogen-bond donors (Lipinski definition) is 2. The van der Waals surface area contributed by atoms with Crippen molar-refractivity contribution in [3.63, 3.8) is 0 Å². The van der Waals surface area contributed by atoms with Crippen molar-refractivity contribution in [3.05, 3.63) is 53.2 Å². The number of amides is 1. The number of nitrogen functional groups attached to an aromatic ring is 1. The van der Waals surface area contributed by atoms with Gasteiger partial charge in [-0.25, -0.2) is 4.68 Å². The zero-order chi connectivity index (χ0) is 17.6. The fourth-order valence-corrected chi connectivity index (χ4v) is 3.00. The Bertz CT molecular complexity index is 844. The van der Waals surface area contributed by atoms with Crippen molar-refractivity contribution >= 4 is 11.7 Å². The number of rotatable bonds is 5. The van der Waals surface area contributed by atoms with Crippen molar-refractivity contribution in [2.24, 2.45) is 0 Å². The molecule has 6 nitrogen and oxygen atoms in total. The summed E-state index contributed by atoms with van der Waals surface area (Å²) in [5.41, 5.74) is 8.86. The summed E-state index contributed by atoms with van der Waals surface area (Å²) < 4.78 is 1.46. The maximum Gasteiger partial charge on any atom is 0.251 e. The van der Waals surface area contributed by atoms with Crippen LogP contribution in [0.2, 0.25) is 0 Å². The van der Waals surface area contributed by atoms with Crippen LogP contribution >= 0.6 is 0 Å². The molecule has 3 N–H and O–H groups in total. The van der Waals surface area contributed by atoms with Crippen molar-refractivity contribution in [1.82, 2.24) is 15.1 Å². The van der Waals surface area contributed by atoms with Gasteiger partial charge in [0.1, 0.15) is 17.5 Å². The van der Waals surface area contributed by atoms with Gasteiger partial charge in [0.15, 0.2) is 0 Å². The maximum absolute atomic E-state index is 12.4. The largest absolute Gasteiger partial charge is 0.382 e. The quantitative estimate of drug-likeness (QED) is 0.821. The van der Waals surface area contributed by atoms with Crippen LogP contribution in [0.25, 0.3) is 5.69 Å². The van der Waals surface area contributed by atoms with Gasteiger partial charge in [0.25, 0.3) is 5.91 Å². The van der Waals surface area contributed by atoms with Gasteiger partial charge in [0.2, 0.25) is 0 Å². The number of carbonyl (C=O) groups is 1. The second-order valence-corrected chi connectivity index (χ2v) is 6.13. The molecular weight excluding hydrogens is 314 g/mol. The van der Waals surface area contributed by atoms with Gasteiger partial charge in [-0.1, -0.05) is 17.7 Å². The lowest BCUT2D eigenvalue weighted by molar-refractivity contribution is 0.0954. The second kappa shape index (κ2) is 7.67. The fraction of sp³-hybridized carbons (Fsp3) is 0.316. The van der Waals surface area contributed by atoms with Crippen molar-refractivity contribution in [3.8, 4) is 11.8 Å². The molecule has 0 spiro atoms. The van der Waals surface area contributed by atoms with Crippen LogP contribution in [0.3, 0.4) is 0 Å². The van der Waals surface area contributed by atoms with Crippen LogP contribution in [0, 0.1) is 11.3 Å². The Morgan fingerprint density at radius 2 is 2.28 bits per heavy atom. The summed E-state index contributed by atoms with van der Waals surface area (Å²) in [6, 6.07) is 9.04. The minimum atomic E-state index is -0.121. The van der Waals surface area contributed by atoms with E-state index < -0.39 is 0 Å². The molecule has 1 heterocycles. The molecule has 1 amide bonds. The second-order valence-electron chi connectivity index (χ2n) is 6.13.